The number of cyclic esters (lactones) is 1. The molecule has 0 saturated heterocycles. The predicted molar refractivity (Wildman–Crippen MR) is 205 cm³/mol. The molecular weight excluding hydrogens is 692 g/mol. The van der Waals surface area contributed by atoms with Gasteiger partial charge in [-0.3, -0.25) is 9.59 Å². The van der Waals surface area contributed by atoms with Crippen LogP contribution in [0.1, 0.15) is 91.3 Å². The van der Waals surface area contributed by atoms with E-state index in [0.29, 0.717) is 80.8 Å². The Morgan fingerprint density at radius 1 is 0.963 bits per heavy atom. The number of ketones is 1. The monoisotopic (exact) mass is 742 g/mol. The zero-order chi connectivity index (χ0) is 38.8. The predicted octanol–water partition coefficient (Wildman–Crippen LogP) is 7.30. The summed E-state index contributed by atoms with van der Waals surface area (Å²) in [6.45, 7) is 2.75. The number of nitrogens with zero attached hydrogens (tertiary/aromatic N) is 1. The molecule has 3 aromatic carbocycles. The molecular formula is C42H50N2O10. The number of phenolic OH excluding ortho intramolecular Hbond substituents is 2. The summed E-state index contributed by atoms with van der Waals surface area (Å²) < 4.78 is 30.0. The van der Waals surface area contributed by atoms with Crippen molar-refractivity contribution < 1.29 is 48.3 Å². The number of ether oxygens (including phenoxy) is 5. The van der Waals surface area contributed by atoms with E-state index in [1.54, 1.807) is 38.3 Å². The number of amides is 1. The van der Waals surface area contributed by atoms with Crippen molar-refractivity contribution in [2.75, 3.05) is 35.0 Å². The highest BCUT2D eigenvalue weighted by molar-refractivity contribution is 5.98. The molecule has 2 heterocycles. The normalized spacial score (nSPS) is 15.8. The Bertz CT molecular complexity index is 1970. The smallest absolute Gasteiger partial charge is 0.342 e. The quantitative estimate of drug-likeness (QED) is 0.0995. The van der Waals surface area contributed by atoms with Crippen molar-refractivity contribution >= 4 is 34.6 Å². The molecule has 0 aliphatic carbocycles. The van der Waals surface area contributed by atoms with Gasteiger partial charge in [-0.05, 0) is 92.6 Å². The van der Waals surface area contributed by atoms with Crippen LogP contribution >= 0.6 is 0 Å². The number of esters is 1. The highest BCUT2D eigenvalue weighted by atomic mass is 16.5. The van der Waals surface area contributed by atoms with Gasteiger partial charge in [0, 0.05) is 60.9 Å². The Hall–Kier alpha value is -5.65. The summed E-state index contributed by atoms with van der Waals surface area (Å²) >= 11 is 0. The Morgan fingerprint density at radius 3 is 2.41 bits per heavy atom. The van der Waals surface area contributed by atoms with Gasteiger partial charge in [0.15, 0.2) is 11.5 Å². The van der Waals surface area contributed by atoms with Gasteiger partial charge in [-0.15, -0.1) is 0 Å². The zero-order valence-electron chi connectivity index (χ0n) is 31.6. The minimum absolute atomic E-state index is 0.0304. The number of carbonyl (C=O) groups is 3. The molecule has 0 spiro atoms. The lowest BCUT2D eigenvalue weighted by Crippen LogP contribution is -2.27. The number of aromatic hydroxyl groups is 2. The molecule has 0 saturated carbocycles. The topological polar surface area (TPSA) is 155 Å². The maximum atomic E-state index is 13.8. The SMILES string of the molecule is COc1ccc2c(ccn2CCCNC(=O)CC(c2cc(OC)c(OC)c(OC)c2)c2c(O)cc3c(c2O)C(=O)O[C@@H](C)CCCC(=O)CCCC=C3)c1. The number of phenols is 2. The van der Waals surface area contributed by atoms with Crippen LogP contribution in [0.2, 0.25) is 0 Å². The van der Waals surface area contributed by atoms with Crippen molar-refractivity contribution in [2.24, 2.45) is 0 Å². The molecule has 54 heavy (non-hydrogen) atoms. The average Bonchev–Trinajstić information content (AvgIpc) is 3.56. The number of rotatable bonds is 12. The van der Waals surface area contributed by atoms with E-state index in [1.807, 2.05) is 30.5 Å². The Balaban J connectivity index is 1.48. The Morgan fingerprint density at radius 2 is 1.70 bits per heavy atom. The third-order valence-corrected chi connectivity index (χ3v) is 9.75. The van der Waals surface area contributed by atoms with Crippen molar-refractivity contribution in [1.82, 2.24) is 9.88 Å². The molecule has 0 bridgehead atoms. The first kappa shape index (κ1) is 39.6. The van der Waals surface area contributed by atoms with Gasteiger partial charge in [0.05, 0.1) is 34.5 Å². The number of nitrogens with one attached hydrogen (secondary N) is 1. The first-order valence-electron chi connectivity index (χ1n) is 18.3. The Kier molecular flexibility index (Phi) is 13.5. The maximum absolute atomic E-state index is 13.8. The van der Waals surface area contributed by atoms with Gasteiger partial charge in [-0.1, -0.05) is 12.2 Å². The fourth-order valence-electron chi connectivity index (χ4n) is 6.94. The first-order valence-corrected chi connectivity index (χ1v) is 18.3. The second kappa shape index (κ2) is 18.4. The molecule has 1 aromatic heterocycles. The number of aromatic nitrogens is 1. The number of Topliss-reactive ketones (excluding diaryl/α,β-unsaturated/α-hetero) is 1. The first-order chi connectivity index (χ1) is 26.1. The van der Waals surface area contributed by atoms with Crippen LogP contribution in [-0.2, 0) is 20.9 Å². The van der Waals surface area contributed by atoms with Gasteiger partial charge >= 0.3 is 5.97 Å². The largest absolute Gasteiger partial charge is 0.507 e. The van der Waals surface area contributed by atoms with Crippen molar-refractivity contribution in [3.63, 3.8) is 0 Å². The van der Waals surface area contributed by atoms with Crippen LogP contribution < -0.4 is 24.3 Å². The van der Waals surface area contributed by atoms with Gasteiger partial charge < -0.3 is 43.8 Å². The molecule has 2 atom stereocenters. The van der Waals surface area contributed by atoms with Crippen LogP contribution in [0.3, 0.4) is 0 Å². The van der Waals surface area contributed by atoms with Crippen LogP contribution in [0.15, 0.2) is 54.7 Å². The van der Waals surface area contributed by atoms with Crippen LogP contribution in [0.5, 0.6) is 34.5 Å². The minimum atomic E-state index is -0.972. The molecule has 1 aliphatic rings. The van der Waals surface area contributed by atoms with Crippen molar-refractivity contribution in [3.05, 3.63) is 77.0 Å². The van der Waals surface area contributed by atoms with Gasteiger partial charge in [-0.25, -0.2) is 4.79 Å². The van der Waals surface area contributed by atoms with Crippen LogP contribution in [0.25, 0.3) is 17.0 Å². The van der Waals surface area contributed by atoms with E-state index in [9.17, 15) is 24.6 Å². The molecule has 4 aromatic rings. The van der Waals surface area contributed by atoms with Gasteiger partial charge in [0.1, 0.15) is 28.6 Å². The van der Waals surface area contributed by atoms with Crippen LogP contribution in [0, 0.1) is 0 Å². The van der Waals surface area contributed by atoms with E-state index >= 15 is 0 Å². The number of allylic oxidation sites excluding steroid dienone is 1. The van der Waals surface area contributed by atoms with Crippen molar-refractivity contribution in [2.45, 2.75) is 76.9 Å². The second-order valence-corrected chi connectivity index (χ2v) is 13.4. The van der Waals surface area contributed by atoms with Gasteiger partial charge in [-0.2, -0.15) is 0 Å². The zero-order valence-corrected chi connectivity index (χ0v) is 31.6. The number of aryl methyl sites for hydroxylation is 1. The molecule has 12 heteroatoms. The average molecular weight is 743 g/mol. The van der Waals surface area contributed by atoms with E-state index < -0.39 is 23.7 Å². The van der Waals surface area contributed by atoms with Crippen LogP contribution in [0.4, 0.5) is 0 Å². The standard InChI is InChI=1S/C42H50N2O10/c1-26-11-9-14-30(45)13-8-6-7-12-28-22-34(46)39(40(48)38(28)42(49)54-26)32(29-23-35(51-3)41(53-5)36(24-29)52-4)25-37(47)43-18-10-19-44-20-17-27-21-31(50-2)15-16-33(27)44/h7,12,15-17,20-24,26,32,46,48H,6,8-11,13-14,18-19,25H2,1-5H3,(H,43,47)/t26-,32?/m0/s1. The minimum Gasteiger partial charge on any atom is -0.507 e. The highest BCUT2D eigenvalue weighted by Gasteiger charge is 2.32. The molecule has 1 unspecified atom stereocenters. The number of methoxy groups -OCH3 is 4. The number of hydrogen-bond donors (Lipinski definition) is 3. The summed E-state index contributed by atoms with van der Waals surface area (Å²) in [4.78, 5) is 39.8. The lowest BCUT2D eigenvalue weighted by molar-refractivity contribution is -0.121. The lowest BCUT2D eigenvalue weighted by atomic mass is 9.84. The molecule has 1 aliphatic heterocycles. The van der Waals surface area contributed by atoms with Crippen molar-refractivity contribution in [3.8, 4) is 34.5 Å². The molecule has 288 valence electrons. The van der Waals surface area contributed by atoms with Crippen LogP contribution in [-0.4, -0.2) is 73.5 Å². The number of benzene rings is 3. The van der Waals surface area contributed by atoms with E-state index in [2.05, 4.69) is 9.88 Å². The fourth-order valence-corrected chi connectivity index (χ4v) is 6.94. The van der Waals surface area contributed by atoms with Crippen molar-refractivity contribution in [1.29, 1.82) is 0 Å². The molecule has 1 amide bonds. The van der Waals surface area contributed by atoms with E-state index in [-0.39, 0.29) is 40.6 Å². The maximum Gasteiger partial charge on any atom is 0.342 e. The summed E-state index contributed by atoms with van der Waals surface area (Å²) in [5, 5.41) is 27.6. The summed E-state index contributed by atoms with van der Waals surface area (Å²) in [5.41, 5.74) is 1.60. The molecule has 0 radical (unpaired) electrons. The molecule has 0 fully saturated rings. The summed E-state index contributed by atoms with van der Waals surface area (Å²) in [5.74, 6) is -1.05. The number of fused-ring (bicyclic) bond motifs is 2. The number of carbonyl (C=O) groups excluding carboxylic acids is 3. The lowest BCUT2D eigenvalue weighted by Gasteiger charge is -2.24. The summed E-state index contributed by atoms with van der Waals surface area (Å²) in [6, 6.07) is 12.6. The van der Waals surface area contributed by atoms with E-state index in [0.717, 1.165) is 16.7 Å². The second-order valence-electron chi connectivity index (χ2n) is 13.4. The summed E-state index contributed by atoms with van der Waals surface area (Å²) in [7, 11) is 6.04. The Labute approximate surface area is 315 Å². The van der Waals surface area contributed by atoms with Gasteiger partial charge in [0.25, 0.3) is 0 Å². The third kappa shape index (κ3) is 9.28. The fraction of sp³-hybridized carbons (Fsp3) is 0.405. The molecule has 12 nitrogen and oxygen atoms in total. The summed E-state index contributed by atoms with van der Waals surface area (Å²) in [6.07, 6.45) is 8.39. The number of hydrogen-bond acceptors (Lipinski definition) is 10. The highest BCUT2D eigenvalue weighted by Crippen LogP contribution is 2.47. The van der Waals surface area contributed by atoms with E-state index in [1.165, 1.54) is 27.4 Å². The molecule has 5 rings (SSSR count). The van der Waals surface area contributed by atoms with Gasteiger partial charge in [0.2, 0.25) is 11.7 Å². The van der Waals surface area contributed by atoms with E-state index in [4.69, 9.17) is 23.7 Å². The molecule has 3 N–H and O–H groups in total. The third-order valence-electron chi connectivity index (χ3n) is 9.75.